The molecule has 0 bridgehead atoms. The predicted octanol–water partition coefficient (Wildman–Crippen LogP) is 1.35. The average Bonchev–Trinajstić information content (AvgIpc) is 1.88. The summed E-state index contributed by atoms with van der Waals surface area (Å²) in [5, 5.41) is 2.99. The highest BCUT2D eigenvalue weighted by atomic mass is 35.5. The van der Waals surface area contributed by atoms with Gasteiger partial charge in [-0.15, -0.1) is 24.8 Å². The molecule has 0 radical (unpaired) electrons. The number of nitrogens with zero attached hydrogens (tertiary/aromatic N) is 2. The molecule has 12 heavy (non-hydrogen) atoms. The maximum atomic E-state index is 4.19. The van der Waals surface area contributed by atoms with Crippen LogP contribution in [0.3, 0.4) is 0 Å². The largest absolute Gasteiger partial charge is 0.313 e. The zero-order chi connectivity index (χ0) is 7.40. The van der Waals surface area contributed by atoms with Crippen LogP contribution >= 0.6 is 24.8 Å². The quantitative estimate of drug-likeness (QED) is 0.800. The van der Waals surface area contributed by atoms with Crippen LogP contribution in [0.5, 0.6) is 0 Å². The first-order chi connectivity index (χ1) is 4.83. The SMILES string of the molecule is CNCc1nccc(C)n1.Cl.Cl. The fourth-order valence-corrected chi connectivity index (χ4v) is 0.744. The van der Waals surface area contributed by atoms with Crippen LogP contribution in [-0.4, -0.2) is 17.0 Å². The third kappa shape index (κ3) is 4.49. The molecule has 1 aromatic heterocycles. The summed E-state index contributed by atoms with van der Waals surface area (Å²) >= 11 is 0. The van der Waals surface area contributed by atoms with Crippen molar-refractivity contribution in [3.8, 4) is 0 Å². The molecule has 1 heterocycles. The average molecular weight is 210 g/mol. The second-order valence-electron chi connectivity index (χ2n) is 2.14. The normalized spacial score (nSPS) is 8.17. The lowest BCUT2D eigenvalue weighted by Gasteiger charge is -1.97. The van der Waals surface area contributed by atoms with Gasteiger partial charge in [0, 0.05) is 11.9 Å². The van der Waals surface area contributed by atoms with Crippen LogP contribution in [0.4, 0.5) is 0 Å². The van der Waals surface area contributed by atoms with E-state index >= 15 is 0 Å². The van der Waals surface area contributed by atoms with Gasteiger partial charge in [-0.05, 0) is 20.0 Å². The van der Waals surface area contributed by atoms with Crippen molar-refractivity contribution in [2.45, 2.75) is 13.5 Å². The maximum absolute atomic E-state index is 4.19. The monoisotopic (exact) mass is 209 g/mol. The summed E-state index contributed by atoms with van der Waals surface area (Å²) in [5.41, 5.74) is 1.01. The fraction of sp³-hybridized carbons (Fsp3) is 0.429. The standard InChI is InChI=1S/C7H11N3.2ClH/c1-6-3-4-9-7(10-6)5-8-2;;/h3-4,8H,5H2,1-2H3;2*1H. The van der Waals surface area contributed by atoms with Crippen molar-refractivity contribution in [1.82, 2.24) is 15.3 Å². The van der Waals surface area contributed by atoms with Gasteiger partial charge in [0.2, 0.25) is 0 Å². The predicted molar refractivity (Wildman–Crippen MR) is 54.0 cm³/mol. The smallest absolute Gasteiger partial charge is 0.142 e. The Morgan fingerprint density at radius 1 is 1.42 bits per heavy atom. The zero-order valence-corrected chi connectivity index (χ0v) is 8.71. The van der Waals surface area contributed by atoms with Gasteiger partial charge < -0.3 is 5.32 Å². The first-order valence-electron chi connectivity index (χ1n) is 3.26. The summed E-state index contributed by atoms with van der Waals surface area (Å²) < 4.78 is 0. The van der Waals surface area contributed by atoms with E-state index in [1.165, 1.54) is 0 Å². The first-order valence-corrected chi connectivity index (χ1v) is 3.26. The van der Waals surface area contributed by atoms with Gasteiger partial charge in [-0.3, -0.25) is 0 Å². The highest BCUT2D eigenvalue weighted by Crippen LogP contribution is 1.91. The van der Waals surface area contributed by atoms with Crippen LogP contribution in [-0.2, 0) is 6.54 Å². The van der Waals surface area contributed by atoms with Gasteiger partial charge in [0.05, 0.1) is 6.54 Å². The number of halogens is 2. The maximum Gasteiger partial charge on any atom is 0.142 e. The Kier molecular flexibility index (Phi) is 8.59. The van der Waals surface area contributed by atoms with Crippen molar-refractivity contribution in [2.75, 3.05) is 7.05 Å². The molecule has 0 saturated heterocycles. The number of nitrogens with one attached hydrogen (secondary N) is 1. The van der Waals surface area contributed by atoms with Gasteiger partial charge >= 0.3 is 0 Å². The molecule has 1 aromatic rings. The number of aryl methyl sites for hydroxylation is 1. The molecule has 0 unspecified atom stereocenters. The van der Waals surface area contributed by atoms with Crippen molar-refractivity contribution in [3.05, 3.63) is 23.8 Å². The Balaban J connectivity index is 0. The molecular weight excluding hydrogens is 197 g/mol. The second-order valence-corrected chi connectivity index (χ2v) is 2.14. The van der Waals surface area contributed by atoms with Crippen LogP contribution in [0.25, 0.3) is 0 Å². The minimum Gasteiger partial charge on any atom is -0.313 e. The Labute approximate surface area is 84.8 Å². The summed E-state index contributed by atoms with van der Waals surface area (Å²) in [6.07, 6.45) is 1.77. The molecule has 0 spiro atoms. The summed E-state index contributed by atoms with van der Waals surface area (Å²) in [5.74, 6) is 0.850. The molecule has 5 heteroatoms. The first kappa shape index (κ1) is 14.2. The van der Waals surface area contributed by atoms with Gasteiger partial charge in [-0.1, -0.05) is 0 Å². The lowest BCUT2D eigenvalue weighted by molar-refractivity contribution is 0.752. The molecule has 0 saturated carbocycles. The molecule has 3 nitrogen and oxygen atoms in total. The Bertz CT molecular complexity index is 218. The molecule has 1 rings (SSSR count). The van der Waals surface area contributed by atoms with E-state index in [1.807, 2.05) is 20.0 Å². The third-order valence-corrected chi connectivity index (χ3v) is 1.18. The third-order valence-electron chi connectivity index (χ3n) is 1.18. The van der Waals surface area contributed by atoms with E-state index in [2.05, 4.69) is 15.3 Å². The van der Waals surface area contributed by atoms with Crippen molar-refractivity contribution < 1.29 is 0 Å². The van der Waals surface area contributed by atoms with Crippen LogP contribution < -0.4 is 5.32 Å². The van der Waals surface area contributed by atoms with Crippen LogP contribution in [0.15, 0.2) is 12.3 Å². The lowest BCUT2D eigenvalue weighted by Crippen LogP contribution is -2.08. The van der Waals surface area contributed by atoms with E-state index in [9.17, 15) is 0 Å². The van der Waals surface area contributed by atoms with E-state index < -0.39 is 0 Å². The van der Waals surface area contributed by atoms with E-state index in [0.717, 1.165) is 18.1 Å². The number of hydrogen-bond donors (Lipinski definition) is 1. The van der Waals surface area contributed by atoms with Gasteiger partial charge in [0.15, 0.2) is 0 Å². The Hall–Kier alpha value is -0.380. The molecule has 0 aromatic carbocycles. The van der Waals surface area contributed by atoms with Crippen LogP contribution in [0, 0.1) is 6.92 Å². The molecule has 1 N–H and O–H groups in total. The molecule has 0 fully saturated rings. The molecule has 0 aliphatic heterocycles. The minimum atomic E-state index is 0. The summed E-state index contributed by atoms with van der Waals surface area (Å²) in [6, 6.07) is 1.89. The minimum absolute atomic E-state index is 0. The van der Waals surface area contributed by atoms with Crippen molar-refractivity contribution in [1.29, 1.82) is 0 Å². The van der Waals surface area contributed by atoms with Gasteiger partial charge in [0.1, 0.15) is 5.82 Å². The van der Waals surface area contributed by atoms with Crippen molar-refractivity contribution in [2.24, 2.45) is 0 Å². The van der Waals surface area contributed by atoms with Crippen molar-refractivity contribution in [3.63, 3.8) is 0 Å². The summed E-state index contributed by atoms with van der Waals surface area (Å²) in [6.45, 7) is 2.70. The van der Waals surface area contributed by atoms with E-state index in [1.54, 1.807) is 6.20 Å². The van der Waals surface area contributed by atoms with Gasteiger partial charge in [-0.25, -0.2) is 9.97 Å². The number of hydrogen-bond acceptors (Lipinski definition) is 3. The second kappa shape index (κ2) is 7.28. The summed E-state index contributed by atoms with van der Waals surface area (Å²) in [4.78, 5) is 8.25. The molecule has 0 aliphatic carbocycles. The Morgan fingerprint density at radius 3 is 2.58 bits per heavy atom. The van der Waals surface area contributed by atoms with E-state index in [0.29, 0.717) is 0 Å². The number of aromatic nitrogens is 2. The topological polar surface area (TPSA) is 37.8 Å². The van der Waals surface area contributed by atoms with E-state index in [4.69, 9.17) is 0 Å². The molecule has 70 valence electrons. The highest BCUT2D eigenvalue weighted by Gasteiger charge is 1.91. The molecule has 0 atom stereocenters. The fourth-order valence-electron chi connectivity index (χ4n) is 0.744. The Morgan fingerprint density at radius 2 is 2.08 bits per heavy atom. The highest BCUT2D eigenvalue weighted by molar-refractivity contribution is 5.85. The molecular formula is C7H13Cl2N3. The molecule has 0 aliphatic rings. The number of rotatable bonds is 2. The van der Waals surface area contributed by atoms with Crippen molar-refractivity contribution >= 4 is 24.8 Å². The zero-order valence-electron chi connectivity index (χ0n) is 7.07. The van der Waals surface area contributed by atoms with Gasteiger partial charge in [0.25, 0.3) is 0 Å². The van der Waals surface area contributed by atoms with E-state index in [-0.39, 0.29) is 24.8 Å². The van der Waals surface area contributed by atoms with Crippen LogP contribution in [0.1, 0.15) is 11.5 Å². The van der Waals surface area contributed by atoms with Crippen LogP contribution in [0.2, 0.25) is 0 Å². The molecule has 0 amide bonds. The summed E-state index contributed by atoms with van der Waals surface area (Å²) in [7, 11) is 1.88. The van der Waals surface area contributed by atoms with Gasteiger partial charge in [-0.2, -0.15) is 0 Å². The lowest BCUT2D eigenvalue weighted by atomic mass is 10.4.